The fourth-order valence-electron chi connectivity index (χ4n) is 2.54. The van der Waals surface area contributed by atoms with Gasteiger partial charge in [0.1, 0.15) is 0 Å². The molecule has 0 unspecified atom stereocenters. The Labute approximate surface area is 108 Å². The van der Waals surface area contributed by atoms with Gasteiger partial charge in [-0.05, 0) is 49.9 Å². The van der Waals surface area contributed by atoms with Crippen molar-refractivity contribution in [3.8, 4) is 0 Å². The molecule has 1 aliphatic carbocycles. The maximum Gasteiger partial charge on any atom is 0.0407 e. The van der Waals surface area contributed by atoms with E-state index in [2.05, 4.69) is 22.3 Å². The van der Waals surface area contributed by atoms with Crippen LogP contribution < -0.4 is 10.2 Å². The average molecular weight is 251 g/mol. The second kappa shape index (κ2) is 4.87. The minimum Gasteiger partial charge on any atom is -0.371 e. The molecule has 0 spiro atoms. The van der Waals surface area contributed by atoms with Crippen LogP contribution in [0.15, 0.2) is 24.3 Å². The molecule has 0 radical (unpaired) electrons. The molecule has 0 bridgehead atoms. The van der Waals surface area contributed by atoms with Crippen molar-refractivity contribution in [2.24, 2.45) is 0 Å². The summed E-state index contributed by atoms with van der Waals surface area (Å²) in [5.41, 5.74) is 1.30. The van der Waals surface area contributed by atoms with Crippen molar-refractivity contribution in [3.05, 3.63) is 29.3 Å². The largest absolute Gasteiger partial charge is 0.371 e. The summed E-state index contributed by atoms with van der Waals surface area (Å²) in [6.45, 7) is 2.32. The molecule has 1 heterocycles. The van der Waals surface area contributed by atoms with E-state index in [1.807, 2.05) is 12.1 Å². The molecule has 1 aliphatic heterocycles. The molecular weight excluding hydrogens is 232 g/mol. The van der Waals surface area contributed by atoms with Crippen molar-refractivity contribution in [2.75, 3.05) is 18.0 Å². The lowest BCUT2D eigenvalue weighted by Gasteiger charge is -2.34. The molecule has 3 rings (SSSR count). The highest BCUT2D eigenvalue weighted by atomic mass is 35.5. The highest BCUT2D eigenvalue weighted by molar-refractivity contribution is 6.30. The first kappa shape index (κ1) is 11.4. The third kappa shape index (κ3) is 2.93. The number of hydrogen-bond donors (Lipinski definition) is 1. The quantitative estimate of drug-likeness (QED) is 0.887. The number of nitrogens with zero attached hydrogens (tertiary/aromatic N) is 1. The molecule has 1 aromatic carbocycles. The number of anilines is 1. The van der Waals surface area contributed by atoms with E-state index in [1.165, 1.54) is 31.4 Å². The van der Waals surface area contributed by atoms with Gasteiger partial charge in [-0.2, -0.15) is 0 Å². The number of hydrogen-bond acceptors (Lipinski definition) is 2. The molecule has 0 atom stereocenters. The molecule has 2 aliphatic rings. The molecule has 1 N–H and O–H groups in total. The first-order valence-electron chi connectivity index (χ1n) is 6.58. The van der Waals surface area contributed by atoms with E-state index < -0.39 is 0 Å². The molecule has 1 saturated carbocycles. The highest BCUT2D eigenvalue weighted by Crippen LogP contribution is 2.25. The summed E-state index contributed by atoms with van der Waals surface area (Å²) < 4.78 is 0. The first-order chi connectivity index (χ1) is 8.31. The predicted octanol–water partition coefficient (Wildman–Crippen LogP) is 3.06. The van der Waals surface area contributed by atoms with E-state index in [0.717, 1.165) is 30.2 Å². The van der Waals surface area contributed by atoms with Crippen LogP contribution in [-0.4, -0.2) is 25.2 Å². The maximum absolute atomic E-state index is 5.91. The summed E-state index contributed by atoms with van der Waals surface area (Å²) in [6, 6.07) is 9.78. The van der Waals surface area contributed by atoms with E-state index in [-0.39, 0.29) is 0 Å². The lowest BCUT2D eigenvalue weighted by Crippen LogP contribution is -2.43. The van der Waals surface area contributed by atoms with Gasteiger partial charge in [0.25, 0.3) is 0 Å². The molecule has 2 fully saturated rings. The maximum atomic E-state index is 5.91. The van der Waals surface area contributed by atoms with Crippen LogP contribution in [0.1, 0.15) is 25.7 Å². The number of rotatable bonds is 3. The smallest absolute Gasteiger partial charge is 0.0407 e. The SMILES string of the molecule is Clc1ccc(N2CCC(NC3CC3)CC2)cc1. The topological polar surface area (TPSA) is 15.3 Å². The second-order valence-corrected chi connectivity index (χ2v) is 5.62. The number of benzene rings is 1. The first-order valence-corrected chi connectivity index (χ1v) is 6.95. The van der Waals surface area contributed by atoms with Crippen LogP contribution >= 0.6 is 11.6 Å². The van der Waals surface area contributed by atoms with Crippen LogP contribution in [0.3, 0.4) is 0 Å². The van der Waals surface area contributed by atoms with Crippen LogP contribution in [0.5, 0.6) is 0 Å². The Bertz CT molecular complexity index is 364. The monoisotopic (exact) mass is 250 g/mol. The van der Waals surface area contributed by atoms with Crippen LogP contribution in [0.25, 0.3) is 0 Å². The Hall–Kier alpha value is -0.730. The van der Waals surface area contributed by atoms with Crippen molar-refractivity contribution in [1.29, 1.82) is 0 Å². The van der Waals surface area contributed by atoms with E-state index in [9.17, 15) is 0 Å². The van der Waals surface area contributed by atoms with E-state index >= 15 is 0 Å². The van der Waals surface area contributed by atoms with Gasteiger partial charge < -0.3 is 10.2 Å². The van der Waals surface area contributed by atoms with Crippen LogP contribution in [0.4, 0.5) is 5.69 Å². The molecule has 1 saturated heterocycles. The third-order valence-electron chi connectivity index (χ3n) is 3.74. The summed E-state index contributed by atoms with van der Waals surface area (Å²) in [5, 5.41) is 4.54. The molecule has 1 aromatic rings. The summed E-state index contributed by atoms with van der Waals surface area (Å²) >= 11 is 5.91. The van der Waals surface area contributed by atoms with Gasteiger partial charge in [0, 0.05) is 35.9 Å². The van der Waals surface area contributed by atoms with Crippen molar-refractivity contribution < 1.29 is 0 Å². The van der Waals surface area contributed by atoms with Crippen molar-refractivity contribution in [3.63, 3.8) is 0 Å². The van der Waals surface area contributed by atoms with Crippen LogP contribution in [0.2, 0.25) is 5.02 Å². The Morgan fingerprint density at radius 3 is 2.12 bits per heavy atom. The van der Waals surface area contributed by atoms with Crippen LogP contribution in [0, 0.1) is 0 Å². The number of piperidine rings is 1. The van der Waals surface area contributed by atoms with Crippen molar-refractivity contribution in [2.45, 2.75) is 37.8 Å². The molecule has 0 amide bonds. The fourth-order valence-corrected chi connectivity index (χ4v) is 2.67. The predicted molar refractivity (Wildman–Crippen MR) is 72.8 cm³/mol. The van der Waals surface area contributed by atoms with Gasteiger partial charge in [-0.3, -0.25) is 0 Å². The highest BCUT2D eigenvalue weighted by Gasteiger charge is 2.27. The Kier molecular flexibility index (Phi) is 3.26. The van der Waals surface area contributed by atoms with Gasteiger partial charge in [-0.25, -0.2) is 0 Å². The van der Waals surface area contributed by atoms with Crippen molar-refractivity contribution in [1.82, 2.24) is 5.32 Å². The summed E-state index contributed by atoms with van der Waals surface area (Å²) in [5.74, 6) is 0. The zero-order valence-electron chi connectivity index (χ0n) is 10.0. The third-order valence-corrected chi connectivity index (χ3v) is 3.99. The van der Waals surface area contributed by atoms with Gasteiger partial charge in [0.05, 0.1) is 0 Å². The number of nitrogens with one attached hydrogen (secondary N) is 1. The second-order valence-electron chi connectivity index (χ2n) is 5.18. The zero-order chi connectivity index (χ0) is 11.7. The summed E-state index contributed by atoms with van der Waals surface area (Å²) in [4.78, 5) is 2.46. The van der Waals surface area contributed by atoms with Crippen LogP contribution in [-0.2, 0) is 0 Å². The lowest BCUT2D eigenvalue weighted by atomic mass is 10.0. The minimum absolute atomic E-state index is 0.742. The van der Waals surface area contributed by atoms with Gasteiger partial charge in [0.2, 0.25) is 0 Å². The van der Waals surface area contributed by atoms with Gasteiger partial charge in [0.15, 0.2) is 0 Å². The van der Waals surface area contributed by atoms with Gasteiger partial charge in [-0.1, -0.05) is 11.6 Å². The van der Waals surface area contributed by atoms with E-state index in [1.54, 1.807) is 0 Å². The molecule has 3 heteroatoms. The van der Waals surface area contributed by atoms with Gasteiger partial charge >= 0.3 is 0 Å². The minimum atomic E-state index is 0.742. The van der Waals surface area contributed by atoms with Crippen molar-refractivity contribution >= 4 is 17.3 Å². The van der Waals surface area contributed by atoms with E-state index in [4.69, 9.17) is 11.6 Å². The molecule has 92 valence electrons. The Morgan fingerprint density at radius 2 is 1.53 bits per heavy atom. The zero-order valence-corrected chi connectivity index (χ0v) is 10.8. The fraction of sp³-hybridized carbons (Fsp3) is 0.571. The lowest BCUT2D eigenvalue weighted by molar-refractivity contribution is 0.413. The average Bonchev–Trinajstić information content (AvgIpc) is 3.15. The van der Waals surface area contributed by atoms with E-state index in [0.29, 0.717) is 0 Å². The summed E-state index contributed by atoms with van der Waals surface area (Å²) in [7, 11) is 0. The Balaban J connectivity index is 1.54. The Morgan fingerprint density at radius 1 is 0.941 bits per heavy atom. The molecular formula is C14H19ClN2. The normalized spacial score (nSPS) is 21.8. The van der Waals surface area contributed by atoms with Gasteiger partial charge in [-0.15, -0.1) is 0 Å². The number of halogens is 1. The molecule has 17 heavy (non-hydrogen) atoms. The molecule has 0 aromatic heterocycles. The standard InChI is InChI=1S/C14H19ClN2/c15-11-1-5-14(6-2-11)17-9-7-13(8-10-17)16-12-3-4-12/h1-2,5-6,12-13,16H,3-4,7-10H2. The summed E-state index contributed by atoms with van der Waals surface area (Å²) in [6.07, 6.45) is 5.30. The molecule has 2 nitrogen and oxygen atoms in total.